The Morgan fingerprint density at radius 1 is 1.06 bits per heavy atom. The summed E-state index contributed by atoms with van der Waals surface area (Å²) < 4.78 is 32.1. The van der Waals surface area contributed by atoms with Gasteiger partial charge in [0.25, 0.3) is 0 Å². The Morgan fingerprint density at radius 3 is 2.33 bits per heavy atom. The molecule has 1 N–H and O–H groups in total. The van der Waals surface area contributed by atoms with E-state index in [9.17, 15) is 13.9 Å². The predicted molar refractivity (Wildman–Crippen MR) is 66.5 cm³/mol. The lowest BCUT2D eigenvalue weighted by Gasteiger charge is -2.10. The maximum atomic E-state index is 13.0. The molecule has 0 aliphatic carbocycles. The van der Waals surface area contributed by atoms with Gasteiger partial charge < -0.3 is 9.84 Å². The molecule has 5 heteroatoms. The van der Waals surface area contributed by atoms with Crippen molar-refractivity contribution in [3.05, 3.63) is 58.1 Å². The molecule has 0 radical (unpaired) electrons. The van der Waals surface area contributed by atoms with Crippen LogP contribution in [0.1, 0.15) is 5.56 Å². The average molecular weight is 315 g/mol. The Hall–Kier alpha value is -1.46. The van der Waals surface area contributed by atoms with Crippen LogP contribution in [0.5, 0.6) is 11.5 Å². The van der Waals surface area contributed by atoms with Crippen LogP contribution in [0.25, 0.3) is 0 Å². The van der Waals surface area contributed by atoms with E-state index in [1.54, 1.807) is 18.2 Å². The van der Waals surface area contributed by atoms with Gasteiger partial charge in [-0.2, -0.15) is 0 Å². The van der Waals surface area contributed by atoms with Crippen LogP contribution >= 0.6 is 15.9 Å². The van der Waals surface area contributed by atoms with Crippen molar-refractivity contribution in [1.82, 2.24) is 0 Å². The van der Waals surface area contributed by atoms with Crippen molar-refractivity contribution < 1.29 is 18.6 Å². The third-order valence-electron chi connectivity index (χ3n) is 2.26. The van der Waals surface area contributed by atoms with Crippen molar-refractivity contribution in [3.63, 3.8) is 0 Å². The van der Waals surface area contributed by atoms with E-state index in [1.807, 2.05) is 0 Å². The van der Waals surface area contributed by atoms with Crippen LogP contribution in [0.2, 0.25) is 0 Å². The highest BCUT2D eigenvalue weighted by Crippen LogP contribution is 2.28. The molecule has 0 aliphatic heterocycles. The van der Waals surface area contributed by atoms with Crippen LogP contribution in [0, 0.1) is 11.6 Å². The molecule has 0 heterocycles. The van der Waals surface area contributed by atoms with E-state index in [0.29, 0.717) is 11.3 Å². The molecule has 0 aliphatic rings. The highest BCUT2D eigenvalue weighted by Gasteiger charge is 2.07. The summed E-state index contributed by atoms with van der Waals surface area (Å²) in [6.45, 7) is -0.230. The summed E-state index contributed by atoms with van der Waals surface area (Å²) in [7, 11) is 0. The van der Waals surface area contributed by atoms with E-state index in [1.165, 1.54) is 0 Å². The number of benzene rings is 2. The second-order valence-corrected chi connectivity index (χ2v) is 4.53. The highest BCUT2D eigenvalue weighted by atomic mass is 79.9. The molecule has 2 aromatic carbocycles. The van der Waals surface area contributed by atoms with Gasteiger partial charge in [0.05, 0.1) is 6.61 Å². The van der Waals surface area contributed by atoms with Gasteiger partial charge in [0, 0.05) is 28.2 Å². The van der Waals surface area contributed by atoms with Crippen LogP contribution in [0.15, 0.2) is 40.9 Å². The molecule has 0 saturated carbocycles. The first-order valence-corrected chi connectivity index (χ1v) is 5.91. The van der Waals surface area contributed by atoms with Crippen molar-refractivity contribution in [2.24, 2.45) is 0 Å². The minimum Gasteiger partial charge on any atom is -0.457 e. The number of ether oxygens (including phenoxy) is 1. The van der Waals surface area contributed by atoms with E-state index in [2.05, 4.69) is 15.9 Å². The van der Waals surface area contributed by atoms with Gasteiger partial charge in [-0.05, 0) is 18.2 Å². The van der Waals surface area contributed by atoms with E-state index >= 15 is 0 Å². The van der Waals surface area contributed by atoms with Crippen molar-refractivity contribution in [1.29, 1.82) is 0 Å². The average Bonchev–Trinajstić information content (AvgIpc) is 2.30. The molecular formula is C13H9BrF2O2. The van der Waals surface area contributed by atoms with Crippen molar-refractivity contribution in [3.8, 4) is 11.5 Å². The minimum absolute atomic E-state index is 0.0459. The minimum atomic E-state index is -0.715. The van der Waals surface area contributed by atoms with E-state index < -0.39 is 11.6 Å². The Labute approximate surface area is 111 Å². The summed E-state index contributed by atoms with van der Waals surface area (Å²) >= 11 is 3.26. The second kappa shape index (κ2) is 5.46. The fraction of sp³-hybridized carbons (Fsp3) is 0.0769. The number of aliphatic hydroxyl groups excluding tert-OH is 1. The number of hydrogen-bond donors (Lipinski definition) is 1. The number of hydrogen-bond acceptors (Lipinski definition) is 2. The number of aliphatic hydroxyl groups is 1. The van der Waals surface area contributed by atoms with Crippen LogP contribution < -0.4 is 4.74 Å². The molecule has 18 heavy (non-hydrogen) atoms. The van der Waals surface area contributed by atoms with Crippen LogP contribution in [0.4, 0.5) is 8.78 Å². The van der Waals surface area contributed by atoms with Gasteiger partial charge in [-0.1, -0.05) is 15.9 Å². The highest BCUT2D eigenvalue weighted by molar-refractivity contribution is 9.10. The third kappa shape index (κ3) is 3.05. The van der Waals surface area contributed by atoms with E-state index in [4.69, 9.17) is 4.74 Å². The molecule has 94 valence electrons. The third-order valence-corrected chi connectivity index (χ3v) is 2.75. The topological polar surface area (TPSA) is 29.5 Å². The molecule has 2 nitrogen and oxygen atoms in total. The molecule has 0 bridgehead atoms. The zero-order valence-electron chi connectivity index (χ0n) is 9.16. The summed E-state index contributed by atoms with van der Waals surface area (Å²) in [6, 6.07) is 7.91. The first-order valence-electron chi connectivity index (χ1n) is 5.12. The SMILES string of the molecule is OCc1cc(Br)ccc1Oc1cc(F)cc(F)c1. The molecule has 0 spiro atoms. The lowest BCUT2D eigenvalue weighted by Crippen LogP contribution is -1.93. The summed E-state index contributed by atoms with van der Waals surface area (Å²) in [5.41, 5.74) is 0.522. The summed E-state index contributed by atoms with van der Waals surface area (Å²) in [5, 5.41) is 9.18. The zero-order chi connectivity index (χ0) is 13.1. The largest absolute Gasteiger partial charge is 0.457 e. The van der Waals surface area contributed by atoms with Crippen LogP contribution in [-0.4, -0.2) is 5.11 Å². The monoisotopic (exact) mass is 314 g/mol. The van der Waals surface area contributed by atoms with Crippen LogP contribution in [0.3, 0.4) is 0 Å². The predicted octanol–water partition coefficient (Wildman–Crippen LogP) is 4.01. The molecule has 2 aromatic rings. The van der Waals surface area contributed by atoms with Crippen molar-refractivity contribution in [2.75, 3.05) is 0 Å². The van der Waals surface area contributed by atoms with Crippen molar-refractivity contribution in [2.45, 2.75) is 6.61 Å². The molecule has 0 atom stereocenters. The maximum absolute atomic E-state index is 13.0. The van der Waals surface area contributed by atoms with Gasteiger partial charge in [-0.3, -0.25) is 0 Å². The van der Waals surface area contributed by atoms with Gasteiger partial charge >= 0.3 is 0 Å². The first kappa shape index (κ1) is 13.0. The molecule has 0 unspecified atom stereocenters. The van der Waals surface area contributed by atoms with Gasteiger partial charge in [0.2, 0.25) is 0 Å². The van der Waals surface area contributed by atoms with E-state index in [0.717, 1.165) is 22.7 Å². The molecule has 0 fully saturated rings. The molecule has 2 rings (SSSR count). The molecule has 0 aromatic heterocycles. The lowest BCUT2D eigenvalue weighted by molar-refractivity contribution is 0.276. The summed E-state index contributed by atoms with van der Waals surface area (Å²) in [5.74, 6) is -1.03. The Balaban J connectivity index is 2.33. The smallest absolute Gasteiger partial charge is 0.133 e. The fourth-order valence-electron chi connectivity index (χ4n) is 1.49. The Bertz CT molecular complexity index is 553. The zero-order valence-corrected chi connectivity index (χ0v) is 10.7. The first-order chi connectivity index (χ1) is 8.58. The normalized spacial score (nSPS) is 10.4. The Morgan fingerprint density at radius 2 is 1.72 bits per heavy atom. The summed E-state index contributed by atoms with van der Waals surface area (Å²) in [4.78, 5) is 0. The van der Waals surface area contributed by atoms with Crippen molar-refractivity contribution >= 4 is 15.9 Å². The molecular weight excluding hydrogens is 306 g/mol. The van der Waals surface area contributed by atoms with Gasteiger partial charge in [-0.15, -0.1) is 0 Å². The van der Waals surface area contributed by atoms with Crippen LogP contribution in [-0.2, 0) is 6.61 Å². The lowest BCUT2D eigenvalue weighted by atomic mass is 10.2. The number of halogens is 3. The second-order valence-electron chi connectivity index (χ2n) is 3.62. The standard InChI is InChI=1S/C13H9BrF2O2/c14-9-1-2-13(8(3-9)7-17)18-12-5-10(15)4-11(16)6-12/h1-6,17H,7H2. The van der Waals surface area contributed by atoms with Gasteiger partial charge in [-0.25, -0.2) is 8.78 Å². The van der Waals surface area contributed by atoms with Gasteiger partial charge in [0.15, 0.2) is 0 Å². The quantitative estimate of drug-likeness (QED) is 0.927. The molecule has 0 saturated heterocycles. The van der Waals surface area contributed by atoms with E-state index in [-0.39, 0.29) is 12.4 Å². The summed E-state index contributed by atoms with van der Waals surface area (Å²) in [6.07, 6.45) is 0. The number of rotatable bonds is 3. The van der Waals surface area contributed by atoms with Gasteiger partial charge in [0.1, 0.15) is 23.1 Å². The maximum Gasteiger partial charge on any atom is 0.133 e. The fourth-order valence-corrected chi connectivity index (χ4v) is 1.89. The molecule has 0 amide bonds. The Kier molecular flexibility index (Phi) is 3.93.